The van der Waals surface area contributed by atoms with Gasteiger partial charge in [0.1, 0.15) is 11.2 Å². The molecule has 0 atom stereocenters. The van der Waals surface area contributed by atoms with Crippen LogP contribution in [0.5, 0.6) is 0 Å². The number of rotatable bonds is 4. The Kier molecular flexibility index (Phi) is 3.39. The maximum absolute atomic E-state index is 9.66. The summed E-state index contributed by atoms with van der Waals surface area (Å²) in [7, 11) is 0. The third kappa shape index (κ3) is 4.17. The summed E-state index contributed by atoms with van der Waals surface area (Å²) in [5, 5.41) is 1.85. The first-order valence-electron chi connectivity index (χ1n) is 21.7. The van der Waals surface area contributed by atoms with Gasteiger partial charge in [-0.25, -0.2) is 0 Å². The third-order valence-corrected chi connectivity index (χ3v) is 7.94. The number of fused-ring (bicyclic) bond motifs is 5. The zero-order valence-electron chi connectivity index (χ0n) is 38.4. The maximum atomic E-state index is 9.66. The van der Waals surface area contributed by atoms with Crippen molar-refractivity contribution in [2.75, 3.05) is 0 Å². The molecule has 0 spiro atoms. The van der Waals surface area contributed by atoms with Crippen LogP contribution in [-0.2, 0) is 0 Å². The molecule has 0 saturated carbocycles. The van der Waals surface area contributed by atoms with E-state index >= 15 is 0 Å². The molecule has 45 heavy (non-hydrogen) atoms. The molecular weight excluding hydrogens is 544 g/mol. The summed E-state index contributed by atoms with van der Waals surface area (Å²) in [6, 6.07) is 14.7. The van der Waals surface area contributed by atoms with Crippen LogP contribution >= 0.6 is 0 Å². The molecule has 8 aromatic carbocycles. The van der Waals surface area contributed by atoms with Gasteiger partial charge < -0.3 is 4.42 Å². The summed E-state index contributed by atoms with van der Waals surface area (Å²) < 4.78 is 139. The molecule has 0 saturated heterocycles. The van der Waals surface area contributed by atoms with Crippen LogP contribution in [0.15, 0.2) is 174 Å². The van der Waals surface area contributed by atoms with E-state index in [1.54, 1.807) is 78.9 Å². The molecule has 0 amide bonds. The van der Waals surface area contributed by atoms with Gasteiger partial charge in [0.15, 0.2) is 0 Å². The summed E-state index contributed by atoms with van der Waals surface area (Å²) in [5.41, 5.74) is 0.133. The molecule has 0 bridgehead atoms. The molecule has 0 radical (unpaired) electrons. The normalized spacial score (nSPS) is 16.2. The summed E-state index contributed by atoms with van der Waals surface area (Å²) >= 11 is 0. The van der Waals surface area contributed by atoms with Crippen LogP contribution in [0.3, 0.4) is 0 Å². The van der Waals surface area contributed by atoms with Crippen LogP contribution in [0.2, 0.25) is 0 Å². The van der Waals surface area contributed by atoms with Crippen LogP contribution in [0.25, 0.3) is 88.0 Å². The minimum Gasteiger partial charge on any atom is -0.456 e. The van der Waals surface area contributed by atoms with Gasteiger partial charge in [0.2, 0.25) is 0 Å². The Morgan fingerprint density at radius 3 is 1.64 bits per heavy atom. The van der Waals surface area contributed by atoms with E-state index in [0.717, 1.165) is 0 Å². The summed E-state index contributed by atoms with van der Waals surface area (Å²) in [5.74, 6) is 0. The molecule has 9 aromatic rings. The summed E-state index contributed by atoms with van der Waals surface area (Å²) in [6.07, 6.45) is 0. The minimum absolute atomic E-state index is 0.00445. The Balaban J connectivity index is 1.42. The first-order valence-corrected chi connectivity index (χ1v) is 14.2. The highest BCUT2D eigenvalue weighted by Gasteiger charge is 2.19. The Hall–Kier alpha value is -5.92. The van der Waals surface area contributed by atoms with Gasteiger partial charge in [-0.15, -0.1) is 0 Å². The second-order valence-electron chi connectivity index (χ2n) is 10.5. The lowest BCUT2D eigenvalue weighted by atomic mass is 9.85. The van der Waals surface area contributed by atoms with Crippen molar-refractivity contribution in [2.24, 2.45) is 0 Å². The van der Waals surface area contributed by atoms with Crippen LogP contribution in [-0.4, -0.2) is 0 Å². The van der Waals surface area contributed by atoms with Gasteiger partial charge in [-0.2, -0.15) is 0 Å². The zero-order valence-corrected chi connectivity index (χ0v) is 23.4. The highest BCUT2D eigenvalue weighted by atomic mass is 16.3. The number of hydrogen-bond donors (Lipinski definition) is 0. The van der Waals surface area contributed by atoms with Gasteiger partial charge in [-0.1, -0.05) is 145 Å². The van der Waals surface area contributed by atoms with Crippen molar-refractivity contribution in [3.05, 3.63) is 169 Å². The van der Waals surface area contributed by atoms with Crippen LogP contribution in [0, 0.1) is 0 Å². The van der Waals surface area contributed by atoms with E-state index in [9.17, 15) is 5.48 Å². The fourth-order valence-electron chi connectivity index (χ4n) is 6.03. The predicted molar refractivity (Wildman–Crippen MR) is 190 cm³/mol. The molecule has 0 aliphatic heterocycles. The lowest BCUT2D eigenvalue weighted by Gasteiger charge is -2.18. The number of furan rings is 1. The van der Waals surface area contributed by atoms with Crippen molar-refractivity contribution in [1.29, 1.82) is 0 Å². The van der Waals surface area contributed by atoms with Crippen molar-refractivity contribution in [2.45, 2.75) is 0 Å². The topological polar surface area (TPSA) is 13.1 Å². The van der Waals surface area contributed by atoms with Crippen LogP contribution in [0.4, 0.5) is 0 Å². The van der Waals surface area contributed by atoms with E-state index in [1.807, 2.05) is 0 Å². The molecule has 0 N–H and O–H groups in total. The standard InChI is InChI=1S/C44H28O/c1-3-13-29(14-4-1)31-17-11-18-32(27-31)42-35-19-7-9-21-37(35)43(38-22-10-8-20-36(38)42)33-25-26-39-41(28-33)45-40-24-12-23-34(44(39)40)30-15-5-2-6-16-30/h1-28H/i1D,3D,4D,11D,12D,13D,14D,17D,18D,23D,24D,25D,26D,27D,28D. The van der Waals surface area contributed by atoms with Crippen molar-refractivity contribution in [1.82, 2.24) is 0 Å². The molecule has 1 aromatic heterocycles. The van der Waals surface area contributed by atoms with E-state index in [1.165, 1.54) is 0 Å². The molecule has 0 aliphatic rings. The maximum Gasteiger partial charge on any atom is 0.136 e. The average Bonchev–Trinajstić information content (AvgIpc) is 3.65. The van der Waals surface area contributed by atoms with Crippen molar-refractivity contribution in [3.63, 3.8) is 0 Å². The second-order valence-corrected chi connectivity index (χ2v) is 10.5. The van der Waals surface area contributed by atoms with Crippen LogP contribution < -0.4 is 0 Å². The van der Waals surface area contributed by atoms with Crippen molar-refractivity contribution in [3.8, 4) is 44.5 Å². The lowest BCUT2D eigenvalue weighted by molar-refractivity contribution is 0.669. The Labute approximate surface area is 282 Å². The second kappa shape index (κ2) is 10.4. The summed E-state index contributed by atoms with van der Waals surface area (Å²) in [4.78, 5) is 0. The Morgan fingerprint density at radius 2 is 0.956 bits per heavy atom. The van der Waals surface area contributed by atoms with Gasteiger partial charge in [-0.3, -0.25) is 0 Å². The molecule has 0 aliphatic carbocycles. The quantitative estimate of drug-likeness (QED) is 0.187. The minimum atomic E-state index is -0.684. The van der Waals surface area contributed by atoms with Gasteiger partial charge in [0, 0.05) is 10.8 Å². The SMILES string of the molecule is [2H]c1c([2H])c([2H])c(-c2c([2H])c([2H])c([2H])c(-c3c4ccccc4c(-c4c([2H])c([2H])c5c(oc6c([2H])c([2H])c([2H])c(-c7ccccc7)c65)c4[2H])c4ccccc34)c2[2H])c([2H])c1[2H]. The van der Waals surface area contributed by atoms with Crippen LogP contribution in [0.1, 0.15) is 20.6 Å². The Morgan fingerprint density at radius 1 is 0.378 bits per heavy atom. The molecule has 210 valence electrons. The van der Waals surface area contributed by atoms with Crippen molar-refractivity contribution >= 4 is 43.5 Å². The van der Waals surface area contributed by atoms with Gasteiger partial charge in [-0.05, 0) is 90.2 Å². The Bertz CT molecular complexity index is 3290. The summed E-state index contributed by atoms with van der Waals surface area (Å²) in [6.45, 7) is 0. The highest BCUT2D eigenvalue weighted by molar-refractivity contribution is 6.22. The molecule has 0 fully saturated rings. The largest absolute Gasteiger partial charge is 0.456 e. The fourth-order valence-corrected chi connectivity index (χ4v) is 6.03. The predicted octanol–water partition coefficient (Wildman–Crippen LogP) is 12.6. The molecule has 1 heterocycles. The first kappa shape index (κ1) is 14.7. The monoisotopic (exact) mass is 587 g/mol. The molecule has 0 unspecified atom stereocenters. The number of benzene rings is 8. The lowest BCUT2D eigenvalue weighted by Crippen LogP contribution is -1.91. The van der Waals surface area contributed by atoms with Gasteiger partial charge in [0.25, 0.3) is 0 Å². The molecular formula is C44H28O. The van der Waals surface area contributed by atoms with Crippen molar-refractivity contribution < 1.29 is 25.0 Å². The fraction of sp³-hybridized carbons (Fsp3) is 0. The first-order chi connectivity index (χ1) is 28.6. The average molecular weight is 588 g/mol. The smallest absolute Gasteiger partial charge is 0.136 e. The van der Waals surface area contributed by atoms with E-state index in [-0.39, 0.29) is 68.4 Å². The third-order valence-electron chi connectivity index (χ3n) is 7.94. The number of hydrogen-bond acceptors (Lipinski definition) is 1. The molecule has 1 nitrogen and oxygen atoms in total. The highest BCUT2D eigenvalue weighted by Crippen LogP contribution is 2.45. The van der Waals surface area contributed by atoms with E-state index in [4.69, 9.17) is 19.5 Å². The van der Waals surface area contributed by atoms with Gasteiger partial charge in [0.05, 0.1) is 20.6 Å². The van der Waals surface area contributed by atoms with E-state index in [2.05, 4.69) is 0 Å². The van der Waals surface area contributed by atoms with Gasteiger partial charge >= 0.3 is 0 Å². The molecule has 9 rings (SSSR count). The molecule has 1 heteroatoms. The van der Waals surface area contributed by atoms with E-state index < -0.39 is 77.6 Å². The van der Waals surface area contributed by atoms with E-state index in [0.29, 0.717) is 32.7 Å². The zero-order chi connectivity index (χ0) is 42.8.